The zero-order chi connectivity index (χ0) is 43.7. The highest BCUT2D eigenvalue weighted by Crippen LogP contribution is 2.46. The van der Waals surface area contributed by atoms with Gasteiger partial charge >= 0.3 is 5.97 Å². The Morgan fingerprint density at radius 3 is 2.49 bits per heavy atom. The number of hydrogen-bond acceptors (Lipinski definition) is 11. The van der Waals surface area contributed by atoms with Crippen LogP contribution in [0.3, 0.4) is 0 Å². The molecule has 6 N–H and O–H groups in total. The number of nitrogens with two attached hydrogens (primary N) is 1. The first-order chi connectivity index (χ1) is 29.1. The van der Waals surface area contributed by atoms with Gasteiger partial charge in [0.2, 0.25) is 17.7 Å². The van der Waals surface area contributed by atoms with Gasteiger partial charge in [-0.15, -0.1) is 0 Å². The summed E-state index contributed by atoms with van der Waals surface area (Å²) < 4.78 is 22.1. The fraction of sp³-hybridized carbons (Fsp3) is 0.422. The van der Waals surface area contributed by atoms with Crippen LogP contribution >= 0.6 is 0 Å². The fourth-order valence-electron chi connectivity index (χ4n) is 8.71. The van der Waals surface area contributed by atoms with Crippen molar-refractivity contribution >= 4 is 46.2 Å². The molecule has 7 rings (SSSR count). The molecule has 4 heterocycles. The normalized spacial score (nSPS) is 18.3. The predicted molar refractivity (Wildman–Crippen MR) is 220 cm³/mol. The summed E-state index contributed by atoms with van der Waals surface area (Å²) in [5.74, 6) is -4.67. The number of ketones is 2. The highest BCUT2D eigenvalue weighted by Gasteiger charge is 2.46. The second-order valence-corrected chi connectivity index (χ2v) is 16.2. The number of nitrogens with one attached hydrogen (secondary N) is 3. The van der Waals surface area contributed by atoms with Gasteiger partial charge in [-0.2, -0.15) is 0 Å². The molecule has 0 spiro atoms. The number of fused-ring (bicyclic) bond motifs is 5. The average molecular weight is 837 g/mol. The van der Waals surface area contributed by atoms with Gasteiger partial charge in [0.05, 0.1) is 54.7 Å². The number of nitrogens with zero attached hydrogens (tertiary/aromatic N) is 2. The number of esters is 1. The van der Waals surface area contributed by atoms with E-state index >= 15 is 4.39 Å². The number of ether oxygens (including phenoxy) is 1. The molecule has 2 aliphatic heterocycles. The number of aromatic nitrogens is 2. The summed E-state index contributed by atoms with van der Waals surface area (Å²) in [5, 5.41) is 20.3. The highest BCUT2D eigenvalue weighted by atomic mass is 19.1. The molecule has 4 atom stereocenters. The smallest absolute Gasteiger partial charge is 0.343 e. The number of aliphatic hydroxyl groups is 1. The number of Topliss-reactive ketones (excluding diaryl/α,β-unsaturated/α-hetero) is 2. The van der Waals surface area contributed by atoms with Gasteiger partial charge in [0.15, 0.2) is 17.2 Å². The molecule has 320 valence electrons. The van der Waals surface area contributed by atoms with Crippen molar-refractivity contribution in [3.8, 4) is 11.4 Å². The number of hydrogen-bond donors (Lipinski definition) is 5. The zero-order valence-electron chi connectivity index (χ0n) is 34.3. The van der Waals surface area contributed by atoms with Crippen LogP contribution < -0.4 is 27.2 Å². The largest absolute Gasteiger partial charge is 0.458 e. The van der Waals surface area contributed by atoms with Crippen LogP contribution in [0.1, 0.15) is 90.9 Å². The van der Waals surface area contributed by atoms with Gasteiger partial charge in [-0.05, 0) is 67.3 Å². The summed E-state index contributed by atoms with van der Waals surface area (Å²) in [7, 11) is 0. The summed E-state index contributed by atoms with van der Waals surface area (Å²) >= 11 is 0. The van der Waals surface area contributed by atoms with Gasteiger partial charge in [-0.3, -0.25) is 28.8 Å². The summed E-state index contributed by atoms with van der Waals surface area (Å²) in [5.41, 5.74) is 7.71. The van der Waals surface area contributed by atoms with Crippen LogP contribution in [0.4, 0.5) is 4.39 Å². The standard InChI is InChI=1S/C45H49FN6O9/c1-4-45(60)32-16-36-40-30(21-52(36)43(58)31(32)22-61-44(45)59)39-34(13-12-29-24(3)33(46)17-35(50-40)38(29)39)51-41(56)23(2)10-11-27(53)19-49-42(57)26(14-25-8-6-5-7-9-25)15-28(54)20-48-37(55)18-47/h5-9,16-17,23,26,34,60H,4,10-15,18-22,47H2,1-3H3,(H,48,55)(H,49,57)(H,51,56)/t23-,26+,34-,45-/m0/s1. The average Bonchev–Trinajstić information content (AvgIpc) is 3.63. The molecule has 3 aliphatic rings. The van der Waals surface area contributed by atoms with Gasteiger partial charge < -0.3 is 36.1 Å². The van der Waals surface area contributed by atoms with E-state index in [1.807, 2.05) is 30.3 Å². The number of aryl methyl sites for hydroxylation is 1. The number of carbonyl (C=O) groups excluding carboxylic acids is 6. The second kappa shape index (κ2) is 17.5. The monoisotopic (exact) mass is 836 g/mol. The maximum absolute atomic E-state index is 15.4. The molecule has 0 saturated heterocycles. The van der Waals surface area contributed by atoms with E-state index in [0.717, 1.165) is 11.1 Å². The van der Waals surface area contributed by atoms with E-state index in [1.54, 1.807) is 26.8 Å². The molecule has 3 amide bonds. The van der Waals surface area contributed by atoms with Crippen LogP contribution in [-0.2, 0) is 65.1 Å². The Morgan fingerprint density at radius 2 is 1.77 bits per heavy atom. The van der Waals surface area contributed by atoms with E-state index < -0.39 is 52.6 Å². The summed E-state index contributed by atoms with van der Waals surface area (Å²) in [6.07, 6.45) is 1.10. The number of amides is 3. The minimum atomic E-state index is -2.02. The number of carbonyl (C=O) groups is 6. The molecule has 0 saturated carbocycles. The number of pyridine rings is 2. The molecule has 4 aromatic rings. The highest BCUT2D eigenvalue weighted by molar-refractivity contribution is 5.95. The van der Waals surface area contributed by atoms with Gasteiger partial charge in [0.1, 0.15) is 12.4 Å². The topological polar surface area (TPSA) is 229 Å². The Balaban J connectivity index is 1.05. The van der Waals surface area contributed by atoms with Crippen LogP contribution in [-0.4, -0.2) is 69.5 Å². The first-order valence-electron chi connectivity index (χ1n) is 20.6. The molecular formula is C45H49FN6O9. The maximum Gasteiger partial charge on any atom is 0.343 e. The minimum absolute atomic E-state index is 0.0115. The van der Waals surface area contributed by atoms with E-state index in [9.17, 15) is 38.7 Å². The van der Waals surface area contributed by atoms with Crippen molar-refractivity contribution in [3.63, 3.8) is 0 Å². The third kappa shape index (κ3) is 8.33. The maximum atomic E-state index is 15.4. The molecule has 2 aromatic heterocycles. The van der Waals surface area contributed by atoms with Gasteiger partial charge in [-0.25, -0.2) is 14.2 Å². The molecule has 1 aliphatic carbocycles. The minimum Gasteiger partial charge on any atom is -0.458 e. The Labute approximate surface area is 350 Å². The Hall–Kier alpha value is -6.13. The Morgan fingerprint density at radius 1 is 1.03 bits per heavy atom. The Kier molecular flexibility index (Phi) is 12.3. The fourth-order valence-corrected chi connectivity index (χ4v) is 8.71. The van der Waals surface area contributed by atoms with Crippen LogP contribution in [0.5, 0.6) is 0 Å². The van der Waals surface area contributed by atoms with E-state index in [4.69, 9.17) is 15.5 Å². The lowest BCUT2D eigenvalue weighted by Crippen LogP contribution is -2.44. The first-order valence-corrected chi connectivity index (χ1v) is 20.6. The van der Waals surface area contributed by atoms with Gasteiger partial charge in [0.25, 0.3) is 5.56 Å². The molecule has 0 fully saturated rings. The van der Waals surface area contributed by atoms with E-state index in [-0.39, 0.29) is 93.5 Å². The van der Waals surface area contributed by atoms with Crippen molar-refractivity contribution < 1.29 is 43.0 Å². The van der Waals surface area contributed by atoms with Crippen LogP contribution in [0, 0.1) is 24.6 Å². The molecule has 2 aromatic carbocycles. The SMILES string of the molecule is CC[C@@]1(O)C(=O)OCc2c1cc1n(c2=O)Cc2c-1nc1cc(F)c(C)c3c1c2[C@@H](NC(=O)[C@@H](C)CCC(=O)CNC(=O)[C@@H](CC(=O)CNC(=O)CN)Cc1ccccc1)CC3. The molecule has 0 bridgehead atoms. The van der Waals surface area contributed by atoms with Crippen molar-refractivity contribution in [2.45, 2.75) is 90.5 Å². The quantitative estimate of drug-likeness (QED) is 0.0908. The van der Waals surface area contributed by atoms with Gasteiger partial charge in [-0.1, -0.05) is 44.2 Å². The third-order valence-electron chi connectivity index (χ3n) is 12.3. The number of cyclic esters (lactones) is 1. The number of benzene rings is 2. The van der Waals surface area contributed by atoms with Crippen molar-refractivity contribution in [2.24, 2.45) is 17.6 Å². The van der Waals surface area contributed by atoms with Crippen molar-refractivity contribution in [1.82, 2.24) is 25.5 Å². The predicted octanol–water partition coefficient (Wildman–Crippen LogP) is 2.63. The van der Waals surface area contributed by atoms with Crippen molar-refractivity contribution in [2.75, 3.05) is 19.6 Å². The molecular weight excluding hydrogens is 788 g/mol. The Bertz CT molecular complexity index is 2540. The van der Waals surface area contributed by atoms with Crippen molar-refractivity contribution in [3.05, 3.63) is 97.6 Å². The first kappa shape index (κ1) is 43.0. The van der Waals surface area contributed by atoms with Crippen molar-refractivity contribution in [1.29, 1.82) is 0 Å². The van der Waals surface area contributed by atoms with Crippen LogP contribution in [0.25, 0.3) is 22.3 Å². The third-order valence-corrected chi connectivity index (χ3v) is 12.3. The molecule has 0 unspecified atom stereocenters. The van der Waals surface area contributed by atoms with Crippen LogP contribution in [0.2, 0.25) is 0 Å². The number of rotatable bonds is 16. The summed E-state index contributed by atoms with van der Waals surface area (Å²) in [4.78, 5) is 95.9. The molecule has 15 nitrogen and oxygen atoms in total. The lowest BCUT2D eigenvalue weighted by atomic mass is 9.81. The molecule has 0 radical (unpaired) electrons. The lowest BCUT2D eigenvalue weighted by Gasteiger charge is -2.31. The van der Waals surface area contributed by atoms with E-state index in [0.29, 0.717) is 51.8 Å². The van der Waals surface area contributed by atoms with Gasteiger partial charge in [0, 0.05) is 47.3 Å². The van der Waals surface area contributed by atoms with E-state index in [1.165, 1.54) is 10.6 Å². The lowest BCUT2D eigenvalue weighted by molar-refractivity contribution is -0.172. The second-order valence-electron chi connectivity index (χ2n) is 16.2. The van der Waals surface area contributed by atoms with Crippen LogP contribution in [0.15, 0.2) is 47.3 Å². The summed E-state index contributed by atoms with van der Waals surface area (Å²) in [6.45, 7) is 3.98. The number of halogens is 1. The molecule has 16 heteroatoms. The summed E-state index contributed by atoms with van der Waals surface area (Å²) in [6, 6.07) is 11.5. The van der Waals surface area contributed by atoms with E-state index in [2.05, 4.69) is 16.0 Å². The molecule has 61 heavy (non-hydrogen) atoms. The zero-order valence-corrected chi connectivity index (χ0v) is 34.3.